The van der Waals surface area contributed by atoms with Crippen molar-refractivity contribution in [3.63, 3.8) is 0 Å². The molecule has 120 valence electrons. The molecule has 0 amide bonds. The average molecular weight is 307 g/mol. The van der Waals surface area contributed by atoms with Gasteiger partial charge in [0.05, 0.1) is 26.3 Å². The molecule has 0 bridgehead atoms. The summed E-state index contributed by atoms with van der Waals surface area (Å²) in [6, 6.07) is 6.62. The topological polar surface area (TPSA) is 77.0 Å². The third-order valence-corrected chi connectivity index (χ3v) is 2.89. The molecule has 0 aliphatic heterocycles. The Kier molecular flexibility index (Phi) is 6.98. The van der Waals surface area contributed by atoms with Gasteiger partial charge in [-0.1, -0.05) is 18.7 Å². The molecule has 1 unspecified atom stereocenters. The van der Waals surface area contributed by atoms with E-state index in [4.69, 9.17) is 9.57 Å². The first-order valence-electron chi connectivity index (χ1n) is 6.68. The Bertz CT molecular complexity index is 553. The van der Waals surface area contributed by atoms with Crippen molar-refractivity contribution in [2.24, 2.45) is 0 Å². The number of hydrogen-bond donors (Lipinski definition) is 2. The van der Waals surface area contributed by atoms with Gasteiger partial charge in [-0.05, 0) is 25.1 Å². The van der Waals surface area contributed by atoms with Crippen molar-refractivity contribution < 1.29 is 24.2 Å². The molecule has 0 aromatic heterocycles. The second kappa shape index (κ2) is 8.74. The van der Waals surface area contributed by atoms with Gasteiger partial charge in [-0.3, -0.25) is 15.1 Å². The van der Waals surface area contributed by atoms with E-state index in [0.717, 1.165) is 0 Å². The predicted octanol–water partition coefficient (Wildman–Crippen LogP) is 2.37. The largest absolute Gasteiger partial charge is 0.508 e. The van der Waals surface area contributed by atoms with Crippen LogP contribution in [0.15, 0.2) is 42.7 Å². The molecule has 1 atom stereocenters. The molecule has 0 radical (unpaired) electrons. The van der Waals surface area contributed by atoms with Crippen LogP contribution in [0.5, 0.6) is 5.75 Å². The van der Waals surface area contributed by atoms with Crippen LogP contribution in [0.2, 0.25) is 0 Å². The number of phenols is 1. The van der Waals surface area contributed by atoms with Crippen molar-refractivity contribution in [2.45, 2.75) is 19.4 Å². The van der Waals surface area contributed by atoms with Crippen molar-refractivity contribution in [1.29, 1.82) is 0 Å². The van der Waals surface area contributed by atoms with Gasteiger partial charge in [-0.2, -0.15) is 0 Å². The second-order valence-corrected chi connectivity index (χ2v) is 4.48. The summed E-state index contributed by atoms with van der Waals surface area (Å²) in [5.74, 6) is 0.268. The minimum Gasteiger partial charge on any atom is -0.508 e. The molecule has 0 fully saturated rings. The number of phenolic OH excluding ortho intramolecular Hbond substituents is 1. The summed E-state index contributed by atoms with van der Waals surface area (Å²) in [5, 5.41) is 9.43. The summed E-state index contributed by atoms with van der Waals surface area (Å²) in [4.78, 5) is 16.6. The Labute approximate surface area is 130 Å². The molecule has 6 nitrogen and oxygen atoms in total. The highest BCUT2D eigenvalue weighted by atomic mass is 16.7. The molecule has 22 heavy (non-hydrogen) atoms. The summed E-state index contributed by atoms with van der Waals surface area (Å²) in [5.41, 5.74) is 3.89. The summed E-state index contributed by atoms with van der Waals surface area (Å²) < 4.78 is 9.74. The maximum absolute atomic E-state index is 11.1. The molecule has 0 saturated heterocycles. The van der Waals surface area contributed by atoms with Crippen molar-refractivity contribution in [2.75, 3.05) is 14.2 Å². The number of carbonyl (C=O) groups excluding carboxylic acids is 1. The number of carbonyl (C=O) groups is 1. The number of ether oxygens (including phenoxy) is 2. The molecular formula is C16H21NO5. The van der Waals surface area contributed by atoms with Gasteiger partial charge in [0.15, 0.2) is 0 Å². The number of esters is 1. The highest BCUT2D eigenvalue weighted by Crippen LogP contribution is 2.17. The highest BCUT2D eigenvalue weighted by molar-refractivity contribution is 5.71. The van der Waals surface area contributed by atoms with Gasteiger partial charge in [0.1, 0.15) is 17.6 Å². The van der Waals surface area contributed by atoms with E-state index in [9.17, 15) is 9.90 Å². The van der Waals surface area contributed by atoms with Crippen LogP contribution >= 0.6 is 0 Å². The van der Waals surface area contributed by atoms with E-state index >= 15 is 0 Å². The Morgan fingerprint density at radius 1 is 1.41 bits per heavy atom. The van der Waals surface area contributed by atoms with Crippen LogP contribution < -0.4 is 5.48 Å². The molecule has 1 aromatic rings. The molecule has 0 saturated carbocycles. The quantitative estimate of drug-likeness (QED) is 0.436. The number of rotatable bonds is 8. The standard InChI is InChI=1S/C16H21NO5/c1-11(13-6-5-7-14(18)10-13)17-22-12(2)15(20-3)8-9-16(19)21-4/h5-8,10,12,17-18H,1,9H2,2-4H3. The van der Waals surface area contributed by atoms with Crippen LogP contribution in [0.4, 0.5) is 0 Å². The Balaban J connectivity index is 2.58. The molecule has 1 rings (SSSR count). The lowest BCUT2D eigenvalue weighted by atomic mass is 10.2. The summed E-state index contributed by atoms with van der Waals surface area (Å²) >= 11 is 0. The fourth-order valence-electron chi connectivity index (χ4n) is 1.65. The van der Waals surface area contributed by atoms with Gasteiger partial charge in [0.2, 0.25) is 0 Å². The smallest absolute Gasteiger partial charge is 0.309 e. The van der Waals surface area contributed by atoms with Crippen LogP contribution in [-0.4, -0.2) is 31.4 Å². The number of hydroxylamine groups is 1. The highest BCUT2D eigenvalue weighted by Gasteiger charge is 2.12. The zero-order chi connectivity index (χ0) is 16.5. The fourth-order valence-corrected chi connectivity index (χ4v) is 1.65. The van der Waals surface area contributed by atoms with Gasteiger partial charge in [0.25, 0.3) is 0 Å². The normalized spacial score (nSPS) is 12.4. The molecule has 0 heterocycles. The number of aromatic hydroxyl groups is 1. The number of methoxy groups -OCH3 is 2. The van der Waals surface area contributed by atoms with Gasteiger partial charge >= 0.3 is 5.97 Å². The molecule has 0 aliphatic rings. The van der Waals surface area contributed by atoms with Crippen LogP contribution in [0, 0.1) is 0 Å². The van der Waals surface area contributed by atoms with Gasteiger partial charge in [0, 0.05) is 5.56 Å². The lowest BCUT2D eigenvalue weighted by Crippen LogP contribution is -2.23. The van der Waals surface area contributed by atoms with E-state index < -0.39 is 6.10 Å². The monoisotopic (exact) mass is 307 g/mol. The van der Waals surface area contributed by atoms with E-state index in [2.05, 4.69) is 16.8 Å². The SMILES string of the molecule is C=C(NOC(C)C(=CCC(=O)OC)OC)c1cccc(O)c1. The number of nitrogens with one attached hydrogen (secondary N) is 1. The molecule has 1 aromatic carbocycles. The first kappa shape index (κ1) is 17.6. The van der Waals surface area contributed by atoms with E-state index in [1.165, 1.54) is 14.2 Å². The summed E-state index contributed by atoms with van der Waals surface area (Å²) in [6.07, 6.45) is 1.25. The first-order chi connectivity index (χ1) is 10.5. The Morgan fingerprint density at radius 2 is 2.14 bits per heavy atom. The lowest BCUT2D eigenvalue weighted by Gasteiger charge is -2.18. The van der Waals surface area contributed by atoms with E-state index in [1.54, 1.807) is 37.3 Å². The number of benzene rings is 1. The molecule has 6 heteroatoms. The predicted molar refractivity (Wildman–Crippen MR) is 82.5 cm³/mol. The first-order valence-corrected chi connectivity index (χ1v) is 6.68. The van der Waals surface area contributed by atoms with Crippen molar-refractivity contribution >= 4 is 11.7 Å². The third kappa shape index (κ3) is 5.49. The Hall–Kier alpha value is -2.47. The van der Waals surface area contributed by atoms with E-state index in [-0.39, 0.29) is 18.1 Å². The van der Waals surface area contributed by atoms with Crippen LogP contribution in [0.25, 0.3) is 5.70 Å². The van der Waals surface area contributed by atoms with Crippen LogP contribution in [0.1, 0.15) is 18.9 Å². The third-order valence-electron chi connectivity index (χ3n) is 2.89. The Morgan fingerprint density at radius 3 is 2.73 bits per heavy atom. The molecule has 2 N–H and O–H groups in total. The van der Waals surface area contributed by atoms with Gasteiger partial charge < -0.3 is 14.6 Å². The minimum atomic E-state index is -0.441. The van der Waals surface area contributed by atoms with E-state index in [0.29, 0.717) is 17.0 Å². The molecule has 0 aliphatic carbocycles. The van der Waals surface area contributed by atoms with Gasteiger partial charge in [-0.25, -0.2) is 0 Å². The summed E-state index contributed by atoms with van der Waals surface area (Å²) in [7, 11) is 2.82. The molecular weight excluding hydrogens is 286 g/mol. The second-order valence-electron chi connectivity index (χ2n) is 4.48. The van der Waals surface area contributed by atoms with Crippen molar-refractivity contribution in [1.82, 2.24) is 5.48 Å². The maximum atomic E-state index is 11.1. The maximum Gasteiger partial charge on any atom is 0.309 e. The van der Waals surface area contributed by atoms with Gasteiger partial charge in [-0.15, -0.1) is 0 Å². The minimum absolute atomic E-state index is 0.0981. The zero-order valence-corrected chi connectivity index (χ0v) is 13.0. The lowest BCUT2D eigenvalue weighted by molar-refractivity contribution is -0.139. The van der Waals surface area contributed by atoms with Crippen LogP contribution in [0.3, 0.4) is 0 Å². The zero-order valence-electron chi connectivity index (χ0n) is 13.0. The van der Waals surface area contributed by atoms with Crippen LogP contribution in [-0.2, 0) is 19.1 Å². The number of hydrogen-bond acceptors (Lipinski definition) is 6. The fraction of sp³-hybridized carbons (Fsp3) is 0.312. The summed E-state index contributed by atoms with van der Waals surface area (Å²) in [6.45, 7) is 5.59. The molecule has 0 spiro atoms. The van der Waals surface area contributed by atoms with E-state index in [1.807, 2.05) is 0 Å². The average Bonchev–Trinajstić information content (AvgIpc) is 2.52. The van der Waals surface area contributed by atoms with Crippen molar-refractivity contribution in [3.05, 3.63) is 48.2 Å². The van der Waals surface area contributed by atoms with Crippen molar-refractivity contribution in [3.8, 4) is 5.75 Å².